The van der Waals surface area contributed by atoms with Crippen molar-refractivity contribution in [1.29, 1.82) is 0 Å². The molecule has 0 bridgehead atoms. The number of rotatable bonds is 5. The van der Waals surface area contributed by atoms with Crippen molar-refractivity contribution >= 4 is 40.2 Å². The Hall–Kier alpha value is -2.69. The van der Waals surface area contributed by atoms with Crippen LogP contribution in [0, 0.1) is 5.92 Å². The molecule has 0 amide bonds. The number of aliphatic carboxylic acids is 1. The third-order valence-corrected chi connectivity index (χ3v) is 7.16. The first-order chi connectivity index (χ1) is 14.6. The van der Waals surface area contributed by atoms with Gasteiger partial charge in [0.25, 0.3) is 0 Å². The highest BCUT2D eigenvalue weighted by Gasteiger charge is 2.29. The molecule has 3 aromatic rings. The van der Waals surface area contributed by atoms with E-state index in [0.29, 0.717) is 5.25 Å². The molecule has 0 saturated heterocycles. The van der Waals surface area contributed by atoms with Gasteiger partial charge in [0.1, 0.15) is 0 Å². The molecule has 2 unspecified atom stereocenters. The van der Waals surface area contributed by atoms with Crippen LogP contribution in [0.2, 0.25) is 0 Å². The average molecular weight is 434 g/mol. The zero-order chi connectivity index (χ0) is 20.7. The van der Waals surface area contributed by atoms with Gasteiger partial charge in [-0.2, -0.15) is 0 Å². The van der Waals surface area contributed by atoms with Crippen molar-refractivity contribution in [2.24, 2.45) is 5.92 Å². The third kappa shape index (κ3) is 3.62. The molecule has 150 valence electrons. The van der Waals surface area contributed by atoms with E-state index < -0.39 is 5.97 Å². The van der Waals surface area contributed by atoms with Crippen molar-refractivity contribution in [2.75, 3.05) is 0 Å². The van der Waals surface area contributed by atoms with Gasteiger partial charge in [-0.1, -0.05) is 66.2 Å². The minimum absolute atomic E-state index is 0.0164. The molecular weight excluding hydrogens is 414 g/mol. The summed E-state index contributed by atoms with van der Waals surface area (Å²) in [5, 5.41) is 13.8. The van der Waals surface area contributed by atoms with E-state index >= 15 is 0 Å². The largest absolute Gasteiger partial charge is 0.481 e. The van der Waals surface area contributed by atoms with Crippen molar-refractivity contribution in [2.45, 2.75) is 18.2 Å². The van der Waals surface area contributed by atoms with Crippen LogP contribution in [0.3, 0.4) is 0 Å². The molecule has 2 heterocycles. The lowest BCUT2D eigenvalue weighted by Gasteiger charge is -2.20. The lowest BCUT2D eigenvalue weighted by atomic mass is 9.93. The quantitative estimate of drug-likeness (QED) is 0.517. The van der Waals surface area contributed by atoms with Crippen molar-refractivity contribution in [3.05, 3.63) is 94.5 Å². The minimum Gasteiger partial charge on any atom is -0.481 e. The second-order valence-electron chi connectivity index (χ2n) is 7.68. The van der Waals surface area contributed by atoms with Gasteiger partial charge in [0.2, 0.25) is 0 Å². The van der Waals surface area contributed by atoms with E-state index in [2.05, 4.69) is 46.4 Å². The monoisotopic (exact) mass is 433 g/mol. The van der Waals surface area contributed by atoms with E-state index in [9.17, 15) is 9.90 Å². The van der Waals surface area contributed by atoms with Crippen LogP contribution in [0.4, 0.5) is 0 Å². The van der Waals surface area contributed by atoms with Crippen molar-refractivity contribution in [3.8, 4) is 11.1 Å². The van der Waals surface area contributed by atoms with E-state index in [0.717, 1.165) is 39.2 Å². The van der Waals surface area contributed by atoms with Gasteiger partial charge in [-0.15, -0.1) is 11.8 Å². The van der Waals surface area contributed by atoms with Crippen LogP contribution in [0.5, 0.6) is 0 Å². The number of hydrogen-bond acceptors (Lipinski definition) is 2. The highest BCUT2D eigenvalue weighted by atomic mass is 35.5. The third-order valence-electron chi connectivity index (χ3n) is 5.71. The number of hydrogen-bond donors (Lipinski definition) is 1. The van der Waals surface area contributed by atoms with Gasteiger partial charge >= 0.3 is 5.97 Å². The molecule has 0 radical (unpaired) electrons. The molecule has 30 heavy (non-hydrogen) atoms. The minimum atomic E-state index is -0.816. The number of halogens is 1. The Bertz CT molecular complexity index is 1220. The first-order valence-corrected chi connectivity index (χ1v) is 11.2. The number of nitrogens with zero attached hydrogens (tertiary/aromatic N) is 1. The number of carbonyl (C=O) groups is 1. The Balaban J connectivity index is 1.56. The number of aromatic nitrogens is 1. The van der Waals surface area contributed by atoms with Gasteiger partial charge in [0.05, 0.1) is 6.42 Å². The zero-order valence-electron chi connectivity index (χ0n) is 16.2. The molecule has 5 heteroatoms. The molecule has 1 aromatic heterocycles. The van der Waals surface area contributed by atoms with Crippen molar-refractivity contribution < 1.29 is 9.90 Å². The van der Waals surface area contributed by atoms with Crippen LogP contribution in [-0.2, 0) is 17.8 Å². The molecule has 0 fully saturated rings. The first kappa shape index (κ1) is 19.3. The topological polar surface area (TPSA) is 42.2 Å². The van der Waals surface area contributed by atoms with Crippen LogP contribution in [0.1, 0.15) is 5.56 Å². The predicted molar refractivity (Wildman–Crippen MR) is 125 cm³/mol. The molecule has 1 N–H and O–H groups in total. The van der Waals surface area contributed by atoms with Crippen LogP contribution < -0.4 is 0 Å². The summed E-state index contributed by atoms with van der Waals surface area (Å²) in [5.74, 6) is -0.533. The Morgan fingerprint density at radius 1 is 1.13 bits per heavy atom. The van der Waals surface area contributed by atoms with Gasteiger partial charge in [0.15, 0.2) is 0 Å². The van der Waals surface area contributed by atoms with E-state index in [4.69, 9.17) is 11.6 Å². The molecule has 5 rings (SSSR count). The fourth-order valence-electron chi connectivity index (χ4n) is 4.27. The molecule has 1 aliphatic heterocycles. The molecule has 0 spiro atoms. The van der Waals surface area contributed by atoms with Crippen molar-refractivity contribution in [1.82, 2.24) is 4.57 Å². The summed E-state index contributed by atoms with van der Waals surface area (Å²) in [7, 11) is 0. The smallest absolute Gasteiger partial charge is 0.307 e. The number of carboxylic acid groups (broad SMARTS) is 1. The normalized spacial score (nSPS) is 20.2. The Morgan fingerprint density at radius 2 is 1.97 bits per heavy atom. The zero-order valence-corrected chi connectivity index (χ0v) is 17.7. The summed E-state index contributed by atoms with van der Waals surface area (Å²) in [6.45, 7) is 0.719. The molecule has 2 aromatic carbocycles. The summed E-state index contributed by atoms with van der Waals surface area (Å²) >= 11 is 8.08. The fraction of sp³-hybridized carbons (Fsp3) is 0.160. The summed E-state index contributed by atoms with van der Waals surface area (Å²) in [6, 6.07) is 16.5. The highest BCUT2D eigenvalue weighted by molar-refractivity contribution is 8.03. The van der Waals surface area contributed by atoms with Gasteiger partial charge in [-0.25, -0.2) is 0 Å². The van der Waals surface area contributed by atoms with Crippen LogP contribution in [0.15, 0.2) is 89.0 Å². The Morgan fingerprint density at radius 3 is 2.77 bits per heavy atom. The highest BCUT2D eigenvalue weighted by Crippen LogP contribution is 2.42. The number of fused-ring (bicyclic) bond motifs is 2. The second kappa shape index (κ2) is 7.86. The van der Waals surface area contributed by atoms with E-state index in [1.54, 1.807) is 0 Å². The van der Waals surface area contributed by atoms with Crippen LogP contribution in [-0.4, -0.2) is 20.9 Å². The lowest BCUT2D eigenvalue weighted by Crippen LogP contribution is -2.16. The molecule has 1 aliphatic carbocycles. The summed E-state index contributed by atoms with van der Waals surface area (Å²) in [4.78, 5) is 11.4. The summed E-state index contributed by atoms with van der Waals surface area (Å²) in [5.41, 5.74) is 5.48. The number of benzene rings is 2. The van der Waals surface area contributed by atoms with E-state index in [1.165, 1.54) is 5.57 Å². The summed E-state index contributed by atoms with van der Waals surface area (Å²) in [6.07, 6.45) is 8.27. The molecule has 3 nitrogen and oxygen atoms in total. The first-order valence-electron chi connectivity index (χ1n) is 9.87. The number of carboxylic acids is 1. The van der Waals surface area contributed by atoms with Crippen LogP contribution in [0.25, 0.3) is 22.0 Å². The maximum Gasteiger partial charge on any atom is 0.307 e. The number of allylic oxidation sites excluding steroid dienone is 4. The maximum atomic E-state index is 11.4. The van der Waals surface area contributed by atoms with Gasteiger partial charge in [-0.05, 0) is 39.8 Å². The van der Waals surface area contributed by atoms with Gasteiger partial charge in [-0.3, -0.25) is 4.79 Å². The SMILES string of the molecule is O=C(O)Cc1cn(CC2=CSC3C=CC(Cl)=CC23)c2cc(-c3ccccc3)ccc12. The van der Waals surface area contributed by atoms with Crippen molar-refractivity contribution in [3.63, 3.8) is 0 Å². The molecular formula is C25H20ClNO2S. The molecule has 2 aliphatic rings. The lowest BCUT2D eigenvalue weighted by molar-refractivity contribution is -0.136. The van der Waals surface area contributed by atoms with E-state index in [-0.39, 0.29) is 12.3 Å². The average Bonchev–Trinajstić information content (AvgIpc) is 3.29. The molecule has 0 saturated carbocycles. The Kier molecular flexibility index (Phi) is 5.05. The fourth-order valence-corrected chi connectivity index (χ4v) is 5.64. The van der Waals surface area contributed by atoms with Gasteiger partial charge in [0, 0.05) is 39.8 Å². The second-order valence-corrected chi connectivity index (χ2v) is 9.17. The predicted octanol–water partition coefficient (Wildman–Crippen LogP) is 6.24. The van der Waals surface area contributed by atoms with Gasteiger partial charge < -0.3 is 9.67 Å². The Labute approximate surface area is 184 Å². The summed E-state index contributed by atoms with van der Waals surface area (Å²) < 4.78 is 2.19. The molecule has 2 atom stereocenters. The maximum absolute atomic E-state index is 11.4. The number of thioether (sulfide) groups is 1. The van der Waals surface area contributed by atoms with Crippen LogP contribution >= 0.6 is 23.4 Å². The standard InChI is InChI=1S/C25H20ClNO2S/c26-20-7-9-24-22(12-20)19(15-30-24)14-27-13-18(11-25(28)29)21-8-6-17(10-23(21)27)16-4-2-1-3-5-16/h1-10,12-13,15,22,24H,11,14H2,(H,28,29). The van der Waals surface area contributed by atoms with E-state index in [1.807, 2.05) is 48.3 Å².